The minimum atomic E-state index is -0.198. The number of carbonyl (C=O) groups excluding carboxylic acids is 1. The average Bonchev–Trinajstić information content (AvgIpc) is 2.61. The van der Waals surface area contributed by atoms with E-state index in [1.807, 2.05) is 13.0 Å². The van der Waals surface area contributed by atoms with Gasteiger partial charge in [-0.2, -0.15) is 0 Å². The zero-order chi connectivity index (χ0) is 12.1. The molecule has 0 bridgehead atoms. The molecule has 0 amide bonds. The first-order chi connectivity index (χ1) is 7.60. The molecule has 1 aromatic rings. The number of hydrogen-bond acceptors (Lipinski definition) is 3. The predicted molar refractivity (Wildman–Crippen MR) is 71.3 cm³/mol. The van der Waals surface area contributed by atoms with E-state index in [1.165, 1.54) is 11.3 Å². The van der Waals surface area contributed by atoms with Crippen LogP contribution in [0.2, 0.25) is 0 Å². The van der Waals surface area contributed by atoms with Crippen LogP contribution in [-0.4, -0.2) is 12.6 Å². The zero-order valence-electron chi connectivity index (χ0n) is 9.88. The summed E-state index contributed by atoms with van der Waals surface area (Å²) in [7, 11) is 0. The van der Waals surface area contributed by atoms with Gasteiger partial charge in [0.2, 0.25) is 0 Å². The Kier molecular flexibility index (Phi) is 5.49. The first kappa shape index (κ1) is 13.7. The largest absolute Gasteiger partial charge is 0.462 e. The Morgan fingerprint density at radius 3 is 2.81 bits per heavy atom. The highest BCUT2D eigenvalue weighted by Crippen LogP contribution is 2.34. The normalized spacial score (nSPS) is 12.5. The molecule has 16 heavy (non-hydrogen) atoms. The van der Waals surface area contributed by atoms with Crippen LogP contribution in [0.5, 0.6) is 0 Å². The lowest BCUT2D eigenvalue weighted by Crippen LogP contribution is -2.06. The minimum Gasteiger partial charge on any atom is -0.462 e. The maximum absolute atomic E-state index is 11.8. The molecular weight excluding hydrogens is 288 g/mol. The molecule has 0 radical (unpaired) electrons. The van der Waals surface area contributed by atoms with Crippen molar-refractivity contribution in [3.63, 3.8) is 0 Å². The Bertz CT molecular complexity index is 360. The molecular formula is C12H17BrO2S. The lowest BCUT2D eigenvalue weighted by molar-refractivity contribution is 0.0530. The summed E-state index contributed by atoms with van der Waals surface area (Å²) in [6.45, 7) is 6.56. The lowest BCUT2D eigenvalue weighted by atomic mass is 9.97. The van der Waals surface area contributed by atoms with Crippen molar-refractivity contribution in [2.45, 2.75) is 39.5 Å². The van der Waals surface area contributed by atoms with E-state index in [9.17, 15) is 4.79 Å². The number of halogens is 1. The molecule has 1 heterocycles. The molecule has 1 aromatic heterocycles. The summed E-state index contributed by atoms with van der Waals surface area (Å²) >= 11 is 4.89. The number of thiophene rings is 1. The van der Waals surface area contributed by atoms with Crippen LogP contribution in [-0.2, 0) is 4.74 Å². The second kappa shape index (κ2) is 6.40. The van der Waals surface area contributed by atoms with Crippen molar-refractivity contribution < 1.29 is 9.53 Å². The summed E-state index contributed by atoms with van der Waals surface area (Å²) in [5.74, 6) is 0.211. The fourth-order valence-electron chi connectivity index (χ4n) is 1.68. The molecule has 0 spiro atoms. The molecule has 0 aliphatic rings. The summed E-state index contributed by atoms with van der Waals surface area (Å²) in [4.78, 5) is 12.5. The van der Waals surface area contributed by atoms with Crippen LogP contribution in [0.3, 0.4) is 0 Å². The quantitative estimate of drug-likeness (QED) is 0.744. The summed E-state index contributed by atoms with van der Waals surface area (Å²) in [6, 6.07) is 2.04. The summed E-state index contributed by atoms with van der Waals surface area (Å²) in [6.07, 6.45) is 2.21. The molecule has 2 nitrogen and oxygen atoms in total. The van der Waals surface area contributed by atoms with Gasteiger partial charge in [0.1, 0.15) is 4.88 Å². The van der Waals surface area contributed by atoms with Gasteiger partial charge in [-0.05, 0) is 46.8 Å². The molecule has 0 N–H and O–H groups in total. The second-order valence-corrected chi connectivity index (χ2v) is 6.18. The van der Waals surface area contributed by atoms with Crippen LogP contribution >= 0.6 is 27.3 Å². The molecule has 0 aliphatic heterocycles. The van der Waals surface area contributed by atoms with Crippen molar-refractivity contribution in [3.05, 3.63) is 20.3 Å². The molecule has 0 aliphatic carbocycles. The Balaban J connectivity index is 2.95. The van der Waals surface area contributed by atoms with Gasteiger partial charge in [0.15, 0.2) is 0 Å². The number of esters is 1. The molecule has 0 saturated carbocycles. The topological polar surface area (TPSA) is 26.3 Å². The molecule has 1 atom stereocenters. The van der Waals surface area contributed by atoms with Crippen LogP contribution < -0.4 is 0 Å². The number of carbonyl (C=O) groups is 1. The molecule has 0 aromatic carbocycles. The van der Waals surface area contributed by atoms with E-state index in [4.69, 9.17) is 4.74 Å². The van der Waals surface area contributed by atoms with Gasteiger partial charge in [-0.25, -0.2) is 4.79 Å². The second-order valence-electron chi connectivity index (χ2n) is 3.75. The monoisotopic (exact) mass is 304 g/mol. The van der Waals surface area contributed by atoms with Crippen LogP contribution in [0.15, 0.2) is 9.85 Å². The van der Waals surface area contributed by atoms with Crippen LogP contribution in [0.1, 0.15) is 54.8 Å². The van der Waals surface area contributed by atoms with E-state index in [0.717, 1.165) is 27.1 Å². The third-order valence-corrected chi connectivity index (χ3v) is 4.08. The van der Waals surface area contributed by atoms with Gasteiger partial charge in [-0.3, -0.25) is 0 Å². The van der Waals surface area contributed by atoms with E-state index >= 15 is 0 Å². The van der Waals surface area contributed by atoms with Crippen molar-refractivity contribution in [2.24, 2.45) is 0 Å². The van der Waals surface area contributed by atoms with Crippen molar-refractivity contribution in [1.29, 1.82) is 0 Å². The van der Waals surface area contributed by atoms with Crippen LogP contribution in [0.4, 0.5) is 0 Å². The highest BCUT2D eigenvalue weighted by molar-refractivity contribution is 9.11. The van der Waals surface area contributed by atoms with E-state index in [0.29, 0.717) is 12.5 Å². The Hall–Kier alpha value is -0.350. The zero-order valence-corrected chi connectivity index (χ0v) is 12.3. The molecule has 1 rings (SSSR count). The van der Waals surface area contributed by atoms with Crippen molar-refractivity contribution in [2.75, 3.05) is 6.61 Å². The lowest BCUT2D eigenvalue weighted by Gasteiger charge is -2.10. The summed E-state index contributed by atoms with van der Waals surface area (Å²) < 4.78 is 6.05. The van der Waals surface area contributed by atoms with E-state index in [2.05, 4.69) is 29.8 Å². The van der Waals surface area contributed by atoms with E-state index < -0.39 is 0 Å². The van der Waals surface area contributed by atoms with Crippen molar-refractivity contribution in [3.8, 4) is 0 Å². The van der Waals surface area contributed by atoms with Gasteiger partial charge in [-0.15, -0.1) is 11.3 Å². The third kappa shape index (κ3) is 3.32. The summed E-state index contributed by atoms with van der Waals surface area (Å²) in [5, 5.41) is 0. The predicted octanol–water partition coefficient (Wildman–Crippen LogP) is 4.59. The maximum atomic E-state index is 11.8. The molecule has 0 fully saturated rings. The van der Waals surface area contributed by atoms with Crippen molar-refractivity contribution in [1.82, 2.24) is 0 Å². The summed E-state index contributed by atoms with van der Waals surface area (Å²) in [5.41, 5.74) is 1.11. The van der Waals surface area contributed by atoms with Gasteiger partial charge >= 0.3 is 5.97 Å². The average molecular weight is 305 g/mol. The number of ether oxygens (including phenoxy) is 1. The fraction of sp³-hybridized carbons (Fsp3) is 0.583. The van der Waals surface area contributed by atoms with Crippen LogP contribution in [0.25, 0.3) is 0 Å². The Morgan fingerprint density at radius 1 is 1.56 bits per heavy atom. The van der Waals surface area contributed by atoms with Gasteiger partial charge in [0, 0.05) is 0 Å². The number of hydrogen-bond donors (Lipinski definition) is 0. The van der Waals surface area contributed by atoms with Gasteiger partial charge < -0.3 is 4.74 Å². The third-order valence-electron chi connectivity index (χ3n) is 2.44. The highest BCUT2D eigenvalue weighted by Gasteiger charge is 2.20. The van der Waals surface area contributed by atoms with Gasteiger partial charge in [0.25, 0.3) is 0 Å². The van der Waals surface area contributed by atoms with E-state index in [1.54, 1.807) is 0 Å². The minimum absolute atomic E-state index is 0.198. The molecule has 0 saturated heterocycles. The van der Waals surface area contributed by atoms with Gasteiger partial charge in [-0.1, -0.05) is 20.3 Å². The molecule has 4 heteroatoms. The standard InChI is InChI=1S/C12H17BrO2S/c1-4-6-8(3)9-7-10(13)16-11(9)12(14)15-5-2/h7-8H,4-6H2,1-3H3. The smallest absolute Gasteiger partial charge is 0.348 e. The Morgan fingerprint density at radius 2 is 2.25 bits per heavy atom. The number of rotatable bonds is 5. The molecule has 1 unspecified atom stereocenters. The van der Waals surface area contributed by atoms with Gasteiger partial charge in [0.05, 0.1) is 10.4 Å². The fourth-order valence-corrected chi connectivity index (χ4v) is 3.32. The maximum Gasteiger partial charge on any atom is 0.348 e. The van der Waals surface area contributed by atoms with Crippen LogP contribution in [0, 0.1) is 0 Å². The van der Waals surface area contributed by atoms with E-state index in [-0.39, 0.29) is 5.97 Å². The SMILES string of the molecule is CCCC(C)c1cc(Br)sc1C(=O)OCC. The first-order valence-electron chi connectivity index (χ1n) is 5.56. The first-order valence-corrected chi connectivity index (χ1v) is 7.17. The Labute approximate surface area is 109 Å². The van der Waals surface area contributed by atoms with Crippen molar-refractivity contribution >= 4 is 33.2 Å². The molecule has 90 valence electrons. The highest BCUT2D eigenvalue weighted by atomic mass is 79.9.